The Balaban J connectivity index is 0.0000115. The summed E-state index contributed by atoms with van der Waals surface area (Å²) < 4.78 is 0. The molecule has 2 rings (SSSR count). The molecule has 0 aliphatic rings. The van der Waals surface area contributed by atoms with Crippen molar-refractivity contribution in [3.8, 4) is 11.8 Å². The molecule has 48 heavy (non-hydrogen) atoms. The molecule has 0 N–H and O–H groups in total. The van der Waals surface area contributed by atoms with Crippen LogP contribution in [-0.2, 0) is 42.2 Å². The molecule has 0 heterocycles. The Labute approximate surface area is 307 Å². The van der Waals surface area contributed by atoms with Gasteiger partial charge in [-0.2, -0.15) is 0 Å². The Morgan fingerprint density at radius 3 is 1.46 bits per heavy atom. The van der Waals surface area contributed by atoms with Crippen LogP contribution in [0.1, 0.15) is 173 Å². The maximum absolute atomic E-state index is 5.27. The van der Waals surface area contributed by atoms with Crippen molar-refractivity contribution in [1.29, 1.82) is 0 Å². The summed E-state index contributed by atoms with van der Waals surface area (Å²) in [6.07, 6.45) is 30.5. The van der Waals surface area contributed by atoms with Gasteiger partial charge in [0, 0.05) is 16.5 Å². The second-order valence-corrected chi connectivity index (χ2v) is 13.3. The number of hydrogen-bond acceptors (Lipinski definition) is 2. The fourth-order valence-corrected chi connectivity index (χ4v) is 6.08. The minimum Gasteiger partial charge on any atom is -0.246 e. The summed E-state index contributed by atoms with van der Waals surface area (Å²) >= 11 is 0. The van der Waals surface area contributed by atoms with Crippen LogP contribution in [0.15, 0.2) is 58.5 Å². The van der Waals surface area contributed by atoms with Gasteiger partial charge in [-0.3, -0.25) is 0 Å². The average molecular weight is 696 g/mol. The number of nitrogens with zero attached hydrogens (tertiary/aromatic N) is 2. The second kappa shape index (κ2) is 28.4. The van der Waals surface area contributed by atoms with E-state index in [9.17, 15) is 0 Å². The molecule has 2 aromatic carbocycles. The quantitative estimate of drug-likeness (QED) is 0.0428. The molecule has 0 saturated carbocycles. The first-order chi connectivity index (χ1) is 23.1. The molecule has 0 aliphatic carbocycles. The molecular weight excluding hydrogens is 627 g/mol. The van der Waals surface area contributed by atoms with Gasteiger partial charge in [0.2, 0.25) is 0 Å². The van der Waals surface area contributed by atoms with Crippen LogP contribution in [0.25, 0.3) is 0 Å². The smallest absolute Gasteiger partial charge is 0.139 e. The molecule has 3 heteroatoms. The molecule has 0 saturated heterocycles. The van der Waals surface area contributed by atoms with Crippen molar-refractivity contribution in [1.82, 2.24) is 0 Å². The summed E-state index contributed by atoms with van der Waals surface area (Å²) in [7, 11) is 0. The zero-order chi connectivity index (χ0) is 34.0. The third-order valence-corrected chi connectivity index (χ3v) is 9.05. The third-order valence-electron chi connectivity index (χ3n) is 9.05. The number of benzene rings is 2. The maximum atomic E-state index is 5.27. The van der Waals surface area contributed by atoms with Crippen LogP contribution in [-0.4, -0.2) is 11.4 Å². The van der Waals surface area contributed by atoms with Gasteiger partial charge in [-0.15, -0.1) is 0 Å². The van der Waals surface area contributed by atoms with E-state index in [0.29, 0.717) is 0 Å². The van der Waals surface area contributed by atoms with Gasteiger partial charge in [0.15, 0.2) is 0 Å². The molecule has 0 aliphatic heterocycles. The Bertz CT molecular complexity index is 1290. The van der Waals surface area contributed by atoms with Gasteiger partial charge in [-0.25, -0.2) is 9.98 Å². The van der Waals surface area contributed by atoms with Crippen LogP contribution in [0.2, 0.25) is 0 Å². The van der Waals surface area contributed by atoms with Crippen molar-refractivity contribution in [2.45, 2.75) is 176 Å². The number of allylic oxidation sites excluding steroid dienone is 2. The van der Waals surface area contributed by atoms with Gasteiger partial charge in [-0.05, 0) is 130 Å². The van der Waals surface area contributed by atoms with E-state index in [2.05, 4.69) is 95.0 Å². The first-order valence-corrected chi connectivity index (χ1v) is 19.6. The van der Waals surface area contributed by atoms with E-state index in [1.54, 1.807) is 0 Å². The Morgan fingerprint density at radius 2 is 0.979 bits per heavy atom. The van der Waals surface area contributed by atoms with Gasteiger partial charge in [0.1, 0.15) is 5.71 Å². The Kier molecular flexibility index (Phi) is 25.8. The Hall–Kier alpha value is -2.43. The van der Waals surface area contributed by atoms with Gasteiger partial charge in [0.25, 0.3) is 0 Å². The van der Waals surface area contributed by atoms with Crippen LogP contribution in [0, 0.1) is 11.8 Å². The fraction of sp³-hybridized carbons (Fsp3) is 0.600. The molecule has 0 unspecified atom stereocenters. The topological polar surface area (TPSA) is 24.7 Å². The summed E-state index contributed by atoms with van der Waals surface area (Å²) in [5, 5.41) is 0. The minimum atomic E-state index is 0. The van der Waals surface area contributed by atoms with Gasteiger partial charge in [-0.1, -0.05) is 129 Å². The maximum Gasteiger partial charge on any atom is 0.139 e. The molecule has 2 nitrogen and oxygen atoms in total. The van der Waals surface area contributed by atoms with E-state index in [4.69, 9.17) is 9.98 Å². The predicted molar refractivity (Wildman–Crippen MR) is 211 cm³/mol. The molecule has 0 fully saturated rings. The summed E-state index contributed by atoms with van der Waals surface area (Å²) in [6, 6.07) is 13.7. The van der Waals surface area contributed by atoms with Crippen molar-refractivity contribution in [3.63, 3.8) is 0 Å². The number of rotatable bonds is 25. The molecule has 0 aromatic heterocycles. The van der Waals surface area contributed by atoms with Crippen LogP contribution in [0.5, 0.6) is 0 Å². The van der Waals surface area contributed by atoms with E-state index in [1.165, 1.54) is 125 Å². The van der Waals surface area contributed by atoms with Crippen LogP contribution < -0.4 is 0 Å². The number of aryl methyl sites for hydroxylation is 4. The Morgan fingerprint density at radius 1 is 0.542 bits per heavy atom. The third kappa shape index (κ3) is 17.8. The van der Waals surface area contributed by atoms with Crippen LogP contribution in [0.3, 0.4) is 0 Å². The standard InChI is InChI=1S/C45H68N2.Ni/c1-7-13-18-19-20-21-22-23-24-25-31-45(47-43-35-33-39(28-15-9-3)41(37-43)30-17-11-5)44(26-12-6)46-42-34-32-38(27-14-8-2)40(36-42)29-16-10-4;/h25,31-37H,7-11,13-24,27-30H2,1-6H3;/b31-25+,46-44?,47-45?;. The SMILES string of the molecule is CC#CC(=Nc1ccc(CCCC)c(CCCC)c1)C(/C=C/CCCCCCCCCC)=Nc1ccc(CCCC)c(CCCC)c1.[Ni]. The molecule has 268 valence electrons. The van der Waals surface area contributed by atoms with Crippen molar-refractivity contribution < 1.29 is 16.5 Å². The normalized spacial score (nSPS) is 11.9. The zero-order valence-electron chi connectivity index (χ0n) is 31.7. The summed E-state index contributed by atoms with van der Waals surface area (Å²) in [5.74, 6) is 6.51. The van der Waals surface area contributed by atoms with Crippen molar-refractivity contribution in [2.75, 3.05) is 0 Å². The number of unbranched alkanes of at least 4 members (excludes halogenated alkanes) is 12. The molecule has 0 amide bonds. The van der Waals surface area contributed by atoms with E-state index in [1.807, 2.05) is 6.92 Å². The molecule has 2 aromatic rings. The van der Waals surface area contributed by atoms with Crippen LogP contribution in [0.4, 0.5) is 11.4 Å². The second-order valence-electron chi connectivity index (χ2n) is 13.3. The van der Waals surface area contributed by atoms with E-state index in [0.717, 1.165) is 54.9 Å². The predicted octanol–water partition coefficient (Wildman–Crippen LogP) is 14.0. The number of aliphatic imine (C=N–C) groups is 2. The van der Waals surface area contributed by atoms with Crippen molar-refractivity contribution >= 4 is 22.8 Å². The minimum absolute atomic E-state index is 0. The molecule has 0 atom stereocenters. The monoisotopic (exact) mass is 694 g/mol. The van der Waals surface area contributed by atoms with Crippen molar-refractivity contribution in [2.24, 2.45) is 9.98 Å². The molecule has 0 radical (unpaired) electrons. The van der Waals surface area contributed by atoms with E-state index < -0.39 is 0 Å². The summed E-state index contributed by atoms with van der Waals surface area (Å²) in [4.78, 5) is 10.5. The first-order valence-electron chi connectivity index (χ1n) is 19.6. The zero-order valence-corrected chi connectivity index (χ0v) is 32.7. The van der Waals surface area contributed by atoms with E-state index >= 15 is 0 Å². The molecule has 0 spiro atoms. The average Bonchev–Trinajstić information content (AvgIpc) is 3.09. The summed E-state index contributed by atoms with van der Waals surface area (Å²) in [6.45, 7) is 13.3. The number of hydrogen-bond donors (Lipinski definition) is 0. The van der Waals surface area contributed by atoms with Gasteiger partial charge >= 0.3 is 0 Å². The van der Waals surface area contributed by atoms with Crippen LogP contribution >= 0.6 is 0 Å². The van der Waals surface area contributed by atoms with Crippen molar-refractivity contribution in [3.05, 3.63) is 70.8 Å². The summed E-state index contributed by atoms with van der Waals surface area (Å²) in [5.41, 5.74) is 9.47. The van der Waals surface area contributed by atoms with Gasteiger partial charge in [0.05, 0.1) is 17.1 Å². The molecule has 0 bridgehead atoms. The van der Waals surface area contributed by atoms with E-state index in [-0.39, 0.29) is 16.5 Å². The van der Waals surface area contributed by atoms with Gasteiger partial charge < -0.3 is 0 Å². The largest absolute Gasteiger partial charge is 0.246 e. The first kappa shape index (κ1) is 43.6. The molecular formula is C45H68N2Ni. The fourth-order valence-electron chi connectivity index (χ4n) is 6.08.